The van der Waals surface area contributed by atoms with Crippen molar-refractivity contribution in [2.24, 2.45) is 0 Å². The number of imidazole rings is 1. The molecule has 1 aromatic carbocycles. The van der Waals surface area contributed by atoms with Crippen LogP contribution in [0.3, 0.4) is 0 Å². The Bertz CT molecular complexity index is 830. The number of nitrogens with zero attached hydrogens (tertiary/aromatic N) is 3. The van der Waals surface area contributed by atoms with Crippen molar-refractivity contribution in [1.82, 2.24) is 14.5 Å². The van der Waals surface area contributed by atoms with Crippen LogP contribution in [0.2, 0.25) is 0 Å². The van der Waals surface area contributed by atoms with Crippen LogP contribution in [-0.4, -0.2) is 14.5 Å². The number of hydrogen-bond donors (Lipinski definition) is 0. The fraction of sp³-hybridized carbons (Fsp3) is 0.143. The van der Waals surface area contributed by atoms with Crippen LogP contribution >= 0.6 is 11.6 Å². The van der Waals surface area contributed by atoms with Crippen LogP contribution in [0.25, 0.3) is 16.9 Å². The van der Waals surface area contributed by atoms with E-state index in [-0.39, 0.29) is 5.69 Å². The molecule has 0 amide bonds. The van der Waals surface area contributed by atoms with Crippen LogP contribution in [0.5, 0.6) is 0 Å². The summed E-state index contributed by atoms with van der Waals surface area (Å²) in [7, 11) is 0. The van der Waals surface area contributed by atoms with Gasteiger partial charge in [-0.3, -0.25) is 4.57 Å². The predicted octanol–water partition coefficient (Wildman–Crippen LogP) is 4.14. The van der Waals surface area contributed by atoms with Gasteiger partial charge in [-0.25, -0.2) is 23.1 Å². The Hall–Kier alpha value is -2.08. The number of benzene rings is 1. The van der Waals surface area contributed by atoms with Crippen molar-refractivity contribution in [2.75, 3.05) is 0 Å². The Labute approximate surface area is 123 Å². The number of pyridine rings is 1. The van der Waals surface area contributed by atoms with E-state index in [9.17, 15) is 13.2 Å². The molecule has 0 saturated heterocycles. The lowest BCUT2D eigenvalue weighted by Crippen LogP contribution is -2.06. The molecule has 3 aromatic rings. The number of fused-ring (bicyclic) bond motifs is 1. The molecule has 1 atom stereocenters. The molecule has 0 aliphatic carbocycles. The smallest absolute Gasteiger partial charge is 0.164 e. The van der Waals surface area contributed by atoms with E-state index in [4.69, 9.17) is 11.6 Å². The van der Waals surface area contributed by atoms with E-state index in [0.29, 0.717) is 23.1 Å². The molecule has 3 rings (SSSR count). The molecule has 3 nitrogen and oxygen atoms in total. The fourth-order valence-electron chi connectivity index (χ4n) is 2.12. The van der Waals surface area contributed by atoms with E-state index in [1.54, 1.807) is 19.1 Å². The summed E-state index contributed by atoms with van der Waals surface area (Å²) in [5, 5.41) is -0.563. The summed E-state index contributed by atoms with van der Waals surface area (Å²) in [5.41, 5.74) is 0.631. The molecule has 0 saturated carbocycles. The van der Waals surface area contributed by atoms with E-state index < -0.39 is 22.8 Å². The van der Waals surface area contributed by atoms with Gasteiger partial charge in [-0.2, -0.15) is 0 Å². The first-order valence-corrected chi connectivity index (χ1v) is 6.55. The lowest BCUT2D eigenvalue weighted by atomic mass is 10.2. The number of rotatable bonds is 2. The van der Waals surface area contributed by atoms with Gasteiger partial charge in [0, 0.05) is 18.3 Å². The SMILES string of the molecule is CC(Cl)c1nc2cccnc2n1-c1cc(F)c(F)cc1F. The topological polar surface area (TPSA) is 30.7 Å². The first-order chi connectivity index (χ1) is 9.99. The molecule has 0 N–H and O–H groups in total. The normalized spacial score (nSPS) is 12.8. The van der Waals surface area contributed by atoms with Crippen LogP contribution in [0, 0.1) is 17.5 Å². The minimum atomic E-state index is -1.26. The molecule has 0 radical (unpaired) electrons. The molecule has 21 heavy (non-hydrogen) atoms. The molecule has 1 unspecified atom stereocenters. The van der Waals surface area contributed by atoms with Gasteiger partial charge >= 0.3 is 0 Å². The minimum absolute atomic E-state index is 0.183. The van der Waals surface area contributed by atoms with Crippen LogP contribution in [-0.2, 0) is 0 Å². The lowest BCUT2D eigenvalue weighted by Gasteiger charge is -2.11. The van der Waals surface area contributed by atoms with E-state index in [1.165, 1.54) is 10.8 Å². The van der Waals surface area contributed by atoms with E-state index >= 15 is 0 Å². The summed E-state index contributed by atoms with van der Waals surface area (Å²) in [6.45, 7) is 1.65. The molecule has 2 aromatic heterocycles. The molecule has 108 valence electrons. The first kappa shape index (κ1) is 13.9. The third-order valence-electron chi connectivity index (χ3n) is 3.03. The molecule has 0 aliphatic rings. The highest BCUT2D eigenvalue weighted by atomic mass is 35.5. The number of alkyl halides is 1. The maximum absolute atomic E-state index is 14.0. The van der Waals surface area contributed by atoms with Gasteiger partial charge in [0.15, 0.2) is 17.3 Å². The summed E-state index contributed by atoms with van der Waals surface area (Å²) in [6.07, 6.45) is 1.50. The highest BCUT2D eigenvalue weighted by Gasteiger charge is 2.21. The highest BCUT2D eigenvalue weighted by molar-refractivity contribution is 6.20. The highest BCUT2D eigenvalue weighted by Crippen LogP contribution is 2.29. The minimum Gasteiger partial charge on any atom is -0.276 e. The van der Waals surface area contributed by atoms with Crippen molar-refractivity contribution in [3.63, 3.8) is 0 Å². The van der Waals surface area contributed by atoms with Crippen LogP contribution in [0.1, 0.15) is 18.1 Å². The predicted molar refractivity (Wildman–Crippen MR) is 73.0 cm³/mol. The molecule has 0 fully saturated rings. The van der Waals surface area contributed by atoms with Gasteiger partial charge in [0.25, 0.3) is 0 Å². The second-order valence-corrected chi connectivity index (χ2v) is 5.14. The zero-order valence-electron chi connectivity index (χ0n) is 10.8. The van der Waals surface area contributed by atoms with Crippen molar-refractivity contribution in [3.8, 4) is 5.69 Å². The van der Waals surface area contributed by atoms with E-state index in [2.05, 4.69) is 9.97 Å². The maximum Gasteiger partial charge on any atom is 0.164 e. The third kappa shape index (κ3) is 2.25. The zero-order chi connectivity index (χ0) is 15.1. The van der Waals surface area contributed by atoms with Crippen molar-refractivity contribution >= 4 is 22.8 Å². The zero-order valence-corrected chi connectivity index (χ0v) is 11.6. The molecular formula is C14H9ClF3N3. The summed E-state index contributed by atoms with van der Waals surface area (Å²) in [4.78, 5) is 8.38. The van der Waals surface area contributed by atoms with Gasteiger partial charge < -0.3 is 0 Å². The van der Waals surface area contributed by atoms with Gasteiger partial charge in [-0.05, 0) is 19.1 Å². The lowest BCUT2D eigenvalue weighted by molar-refractivity contribution is 0.492. The molecule has 0 spiro atoms. The second-order valence-electron chi connectivity index (χ2n) is 4.49. The van der Waals surface area contributed by atoms with Gasteiger partial charge in [-0.1, -0.05) is 0 Å². The van der Waals surface area contributed by atoms with Crippen LogP contribution in [0.4, 0.5) is 13.2 Å². The average Bonchev–Trinajstić information content (AvgIpc) is 2.82. The van der Waals surface area contributed by atoms with E-state index in [1.807, 2.05) is 0 Å². The second kappa shape index (κ2) is 5.04. The number of aromatic nitrogens is 3. The summed E-state index contributed by atoms with van der Waals surface area (Å²) in [6, 6.07) is 4.61. The van der Waals surface area contributed by atoms with Crippen molar-refractivity contribution < 1.29 is 13.2 Å². The first-order valence-electron chi connectivity index (χ1n) is 6.11. The van der Waals surface area contributed by atoms with E-state index in [0.717, 1.165) is 6.07 Å². The third-order valence-corrected chi connectivity index (χ3v) is 3.22. The average molecular weight is 312 g/mol. The summed E-state index contributed by atoms with van der Waals surface area (Å²) >= 11 is 6.05. The van der Waals surface area contributed by atoms with Gasteiger partial charge in [0.2, 0.25) is 0 Å². The monoisotopic (exact) mass is 311 g/mol. The molecule has 0 aliphatic heterocycles. The Kier molecular flexibility index (Phi) is 3.33. The van der Waals surface area contributed by atoms with Crippen LogP contribution in [0.15, 0.2) is 30.5 Å². The standard InChI is InChI=1S/C14H9ClF3N3/c1-7(15)13-20-11-3-2-4-19-14(11)21(13)12-6-9(17)8(16)5-10(12)18/h2-7H,1H3. The number of halogens is 4. The molecule has 2 heterocycles. The van der Waals surface area contributed by atoms with Crippen LogP contribution < -0.4 is 0 Å². The van der Waals surface area contributed by atoms with Crippen molar-refractivity contribution in [2.45, 2.75) is 12.3 Å². The van der Waals surface area contributed by atoms with Crippen molar-refractivity contribution in [1.29, 1.82) is 0 Å². The Morgan fingerprint density at radius 2 is 1.86 bits per heavy atom. The molecular weight excluding hydrogens is 303 g/mol. The quantitative estimate of drug-likeness (QED) is 0.526. The Morgan fingerprint density at radius 3 is 2.57 bits per heavy atom. The summed E-state index contributed by atoms with van der Waals surface area (Å²) in [5.74, 6) is -3.03. The Balaban J connectivity index is 2.38. The van der Waals surface area contributed by atoms with Crippen molar-refractivity contribution in [3.05, 3.63) is 53.7 Å². The van der Waals surface area contributed by atoms with Gasteiger partial charge in [-0.15, -0.1) is 11.6 Å². The maximum atomic E-state index is 14.0. The summed E-state index contributed by atoms with van der Waals surface area (Å²) < 4.78 is 41.9. The van der Waals surface area contributed by atoms with Gasteiger partial charge in [0.05, 0.1) is 11.1 Å². The Morgan fingerprint density at radius 1 is 1.14 bits per heavy atom. The molecule has 7 heteroatoms. The molecule has 0 bridgehead atoms. The fourth-order valence-corrected chi connectivity index (χ4v) is 2.26. The largest absolute Gasteiger partial charge is 0.276 e. The number of hydrogen-bond acceptors (Lipinski definition) is 2. The van der Waals surface area contributed by atoms with Gasteiger partial charge in [0.1, 0.15) is 17.2 Å².